The molecule has 0 aromatic carbocycles. The van der Waals surface area contributed by atoms with E-state index in [9.17, 15) is 9.59 Å². The SMILES string of the molecule is CCn1cccc(C(=O)N/N=C\c2ccco2)c1=O. The van der Waals surface area contributed by atoms with Gasteiger partial charge in [-0.1, -0.05) is 0 Å². The molecule has 0 saturated carbocycles. The van der Waals surface area contributed by atoms with Gasteiger partial charge in [-0.2, -0.15) is 5.10 Å². The first-order chi connectivity index (χ1) is 9.22. The number of carbonyl (C=O) groups is 1. The van der Waals surface area contributed by atoms with Crippen LogP contribution >= 0.6 is 0 Å². The van der Waals surface area contributed by atoms with Crippen LogP contribution in [0.25, 0.3) is 0 Å². The van der Waals surface area contributed by atoms with Crippen LogP contribution in [0.2, 0.25) is 0 Å². The standard InChI is InChI=1S/C13H13N3O3/c1-2-16-7-3-6-11(13(16)18)12(17)15-14-9-10-5-4-8-19-10/h3-9H,2H2,1H3,(H,15,17)/b14-9-. The van der Waals surface area contributed by atoms with Gasteiger partial charge >= 0.3 is 0 Å². The Morgan fingerprint density at radius 1 is 1.47 bits per heavy atom. The fourth-order valence-corrected chi connectivity index (χ4v) is 1.54. The number of aryl methyl sites for hydroxylation is 1. The van der Waals surface area contributed by atoms with Crippen LogP contribution in [0.15, 0.2) is 51.0 Å². The summed E-state index contributed by atoms with van der Waals surface area (Å²) in [5.41, 5.74) is 2.01. The number of hydrogen-bond acceptors (Lipinski definition) is 4. The summed E-state index contributed by atoms with van der Waals surface area (Å²) in [5.74, 6) is -0.0325. The van der Waals surface area contributed by atoms with Crippen molar-refractivity contribution in [3.8, 4) is 0 Å². The van der Waals surface area contributed by atoms with Crippen LogP contribution in [-0.2, 0) is 6.54 Å². The van der Waals surface area contributed by atoms with Crippen molar-refractivity contribution < 1.29 is 9.21 Å². The molecule has 0 aliphatic heterocycles. The van der Waals surface area contributed by atoms with Gasteiger partial charge in [0.25, 0.3) is 11.5 Å². The third kappa shape index (κ3) is 2.98. The highest BCUT2D eigenvalue weighted by Crippen LogP contribution is 1.95. The van der Waals surface area contributed by atoms with Crippen LogP contribution in [0, 0.1) is 0 Å². The molecule has 0 radical (unpaired) electrons. The van der Waals surface area contributed by atoms with E-state index in [-0.39, 0.29) is 11.1 Å². The Balaban J connectivity index is 2.10. The maximum Gasteiger partial charge on any atom is 0.276 e. The molecule has 0 unspecified atom stereocenters. The quantitative estimate of drug-likeness (QED) is 0.662. The fraction of sp³-hybridized carbons (Fsp3) is 0.154. The van der Waals surface area contributed by atoms with E-state index in [1.54, 1.807) is 24.4 Å². The first kappa shape index (κ1) is 12.8. The smallest absolute Gasteiger partial charge is 0.276 e. The Morgan fingerprint density at radius 2 is 2.32 bits per heavy atom. The molecule has 2 aromatic rings. The lowest BCUT2D eigenvalue weighted by Crippen LogP contribution is -2.30. The summed E-state index contributed by atoms with van der Waals surface area (Å²) in [5, 5.41) is 3.72. The van der Waals surface area contributed by atoms with E-state index in [2.05, 4.69) is 10.5 Å². The molecule has 0 atom stereocenters. The maximum absolute atomic E-state index is 11.9. The van der Waals surface area contributed by atoms with Gasteiger partial charge in [0.05, 0.1) is 12.5 Å². The van der Waals surface area contributed by atoms with Crippen molar-refractivity contribution in [3.05, 3.63) is 58.4 Å². The van der Waals surface area contributed by atoms with Crippen molar-refractivity contribution in [2.75, 3.05) is 0 Å². The molecule has 2 rings (SSSR count). The monoisotopic (exact) mass is 259 g/mol. The van der Waals surface area contributed by atoms with E-state index in [1.165, 1.54) is 23.1 Å². The summed E-state index contributed by atoms with van der Waals surface area (Å²) >= 11 is 0. The lowest BCUT2D eigenvalue weighted by molar-refractivity contribution is 0.0953. The van der Waals surface area contributed by atoms with Crippen molar-refractivity contribution in [2.24, 2.45) is 5.10 Å². The highest BCUT2D eigenvalue weighted by atomic mass is 16.3. The zero-order valence-electron chi connectivity index (χ0n) is 10.4. The van der Waals surface area contributed by atoms with Gasteiger partial charge in [-0.25, -0.2) is 5.43 Å². The number of nitrogens with one attached hydrogen (secondary N) is 1. The highest BCUT2D eigenvalue weighted by Gasteiger charge is 2.10. The number of pyridine rings is 1. The third-order valence-corrected chi connectivity index (χ3v) is 2.51. The molecule has 98 valence electrons. The van der Waals surface area contributed by atoms with E-state index in [4.69, 9.17) is 4.42 Å². The summed E-state index contributed by atoms with van der Waals surface area (Å²) in [6.07, 6.45) is 4.49. The molecular formula is C13H13N3O3. The summed E-state index contributed by atoms with van der Waals surface area (Å²) in [7, 11) is 0. The topological polar surface area (TPSA) is 76.6 Å². The van der Waals surface area contributed by atoms with Gasteiger partial charge in [-0.15, -0.1) is 0 Å². The highest BCUT2D eigenvalue weighted by molar-refractivity contribution is 5.94. The largest absolute Gasteiger partial charge is 0.463 e. The molecule has 0 aliphatic rings. The van der Waals surface area contributed by atoms with Crippen LogP contribution in [-0.4, -0.2) is 16.7 Å². The molecule has 6 heteroatoms. The third-order valence-electron chi connectivity index (χ3n) is 2.51. The normalized spacial score (nSPS) is 10.8. The van der Waals surface area contributed by atoms with Gasteiger partial charge in [0, 0.05) is 12.7 Å². The van der Waals surface area contributed by atoms with E-state index in [0.29, 0.717) is 12.3 Å². The van der Waals surface area contributed by atoms with Gasteiger partial charge in [0.15, 0.2) is 0 Å². The van der Waals surface area contributed by atoms with Gasteiger partial charge in [0.1, 0.15) is 11.3 Å². The van der Waals surface area contributed by atoms with Gasteiger partial charge in [-0.05, 0) is 31.2 Å². The Bertz CT molecular complexity index is 641. The number of rotatable bonds is 4. The predicted octanol–water partition coefficient (Wildman–Crippen LogP) is 1.23. The first-order valence-electron chi connectivity index (χ1n) is 5.78. The predicted molar refractivity (Wildman–Crippen MR) is 70.1 cm³/mol. The van der Waals surface area contributed by atoms with E-state index >= 15 is 0 Å². The van der Waals surface area contributed by atoms with Gasteiger partial charge in [0.2, 0.25) is 0 Å². The minimum absolute atomic E-state index is 0.0564. The minimum atomic E-state index is -0.546. The molecule has 6 nitrogen and oxygen atoms in total. The number of amides is 1. The maximum atomic E-state index is 11.9. The molecular weight excluding hydrogens is 246 g/mol. The summed E-state index contributed by atoms with van der Waals surface area (Å²) in [6.45, 7) is 2.34. The molecule has 2 aromatic heterocycles. The van der Waals surface area contributed by atoms with Crippen LogP contribution in [0.5, 0.6) is 0 Å². The number of hydrazone groups is 1. The van der Waals surface area contributed by atoms with Crippen molar-refractivity contribution in [1.29, 1.82) is 0 Å². The number of aromatic nitrogens is 1. The molecule has 19 heavy (non-hydrogen) atoms. The fourth-order valence-electron chi connectivity index (χ4n) is 1.54. The Morgan fingerprint density at radius 3 is 3.00 bits per heavy atom. The second-order valence-electron chi connectivity index (χ2n) is 3.73. The van der Waals surface area contributed by atoms with E-state index < -0.39 is 5.91 Å². The minimum Gasteiger partial charge on any atom is -0.463 e. The number of carbonyl (C=O) groups excluding carboxylic acids is 1. The number of nitrogens with zero attached hydrogens (tertiary/aromatic N) is 2. The van der Waals surface area contributed by atoms with Crippen LogP contribution in [0.4, 0.5) is 0 Å². The van der Waals surface area contributed by atoms with Gasteiger partial charge < -0.3 is 8.98 Å². The molecule has 0 bridgehead atoms. The van der Waals surface area contributed by atoms with Gasteiger partial charge in [-0.3, -0.25) is 9.59 Å². The second kappa shape index (κ2) is 5.81. The van der Waals surface area contributed by atoms with E-state index in [1.807, 2.05) is 6.92 Å². The lowest BCUT2D eigenvalue weighted by Gasteiger charge is -2.03. The average Bonchev–Trinajstić information content (AvgIpc) is 2.92. The number of hydrogen-bond donors (Lipinski definition) is 1. The van der Waals surface area contributed by atoms with Crippen LogP contribution in [0.3, 0.4) is 0 Å². The van der Waals surface area contributed by atoms with Crippen molar-refractivity contribution in [1.82, 2.24) is 9.99 Å². The Hall–Kier alpha value is -2.63. The summed E-state index contributed by atoms with van der Waals surface area (Å²) < 4.78 is 6.46. The van der Waals surface area contributed by atoms with E-state index in [0.717, 1.165) is 0 Å². The van der Waals surface area contributed by atoms with Crippen molar-refractivity contribution >= 4 is 12.1 Å². The summed E-state index contributed by atoms with van der Waals surface area (Å²) in [6, 6.07) is 6.52. The van der Waals surface area contributed by atoms with Crippen LogP contribution in [0.1, 0.15) is 23.0 Å². The first-order valence-corrected chi connectivity index (χ1v) is 5.78. The molecule has 0 aliphatic carbocycles. The Kier molecular flexibility index (Phi) is 3.92. The molecule has 0 spiro atoms. The molecule has 1 amide bonds. The zero-order chi connectivity index (χ0) is 13.7. The molecule has 1 N–H and O–H groups in total. The number of furan rings is 1. The van der Waals surface area contributed by atoms with Crippen molar-refractivity contribution in [3.63, 3.8) is 0 Å². The summed E-state index contributed by atoms with van der Waals surface area (Å²) in [4.78, 5) is 23.7. The molecule has 2 heterocycles. The lowest BCUT2D eigenvalue weighted by atomic mass is 10.2. The average molecular weight is 259 g/mol. The molecule has 0 fully saturated rings. The molecule has 0 saturated heterocycles. The Labute approximate surface area is 109 Å². The van der Waals surface area contributed by atoms with Crippen molar-refractivity contribution in [2.45, 2.75) is 13.5 Å². The second-order valence-corrected chi connectivity index (χ2v) is 3.73. The van der Waals surface area contributed by atoms with Crippen LogP contribution < -0.4 is 11.0 Å². The zero-order valence-corrected chi connectivity index (χ0v) is 10.4.